The predicted molar refractivity (Wildman–Crippen MR) is 119 cm³/mol. The second-order valence-corrected chi connectivity index (χ2v) is 9.09. The van der Waals surface area contributed by atoms with Crippen molar-refractivity contribution in [1.29, 1.82) is 0 Å². The Bertz CT molecular complexity index is 1140. The lowest BCUT2D eigenvalue weighted by atomic mass is 10.2. The molecule has 1 saturated heterocycles. The van der Waals surface area contributed by atoms with E-state index in [0.29, 0.717) is 50.0 Å². The van der Waals surface area contributed by atoms with Crippen LogP contribution in [0.1, 0.15) is 15.9 Å². The summed E-state index contributed by atoms with van der Waals surface area (Å²) < 4.78 is 37.6. The second-order valence-electron chi connectivity index (χ2n) is 7.15. The van der Waals surface area contributed by atoms with Crippen LogP contribution in [-0.4, -0.2) is 49.9 Å². The van der Waals surface area contributed by atoms with E-state index in [0.717, 1.165) is 5.56 Å². The van der Waals surface area contributed by atoms with Gasteiger partial charge in [0, 0.05) is 24.7 Å². The van der Waals surface area contributed by atoms with E-state index in [2.05, 4.69) is 10.3 Å². The monoisotopic (exact) mass is 453 g/mol. The quantitative estimate of drug-likeness (QED) is 0.591. The Morgan fingerprint density at radius 3 is 2.38 bits per heavy atom. The summed E-state index contributed by atoms with van der Waals surface area (Å²) in [5.41, 5.74) is 1.88. The fourth-order valence-electron chi connectivity index (χ4n) is 3.19. The van der Waals surface area contributed by atoms with Gasteiger partial charge < -0.3 is 14.8 Å². The minimum atomic E-state index is -3.60. The zero-order valence-electron chi connectivity index (χ0n) is 17.3. The summed E-state index contributed by atoms with van der Waals surface area (Å²) in [5.74, 6) is 0.0876. The molecular weight excluding hydrogens is 430 g/mol. The van der Waals surface area contributed by atoms with Crippen LogP contribution in [0.2, 0.25) is 0 Å². The number of sulfonamides is 1. The number of pyridine rings is 1. The third-order valence-corrected chi connectivity index (χ3v) is 6.86. The maximum absolute atomic E-state index is 12.7. The van der Waals surface area contributed by atoms with Crippen LogP contribution >= 0.6 is 0 Å². The molecular formula is C23H23N3O5S. The topological polar surface area (TPSA) is 97.8 Å². The van der Waals surface area contributed by atoms with Crippen LogP contribution in [0.15, 0.2) is 77.8 Å². The molecule has 1 aromatic heterocycles. The van der Waals surface area contributed by atoms with E-state index in [1.807, 2.05) is 30.3 Å². The number of amides is 1. The van der Waals surface area contributed by atoms with Gasteiger partial charge in [0.2, 0.25) is 15.9 Å². The fraction of sp³-hybridized carbons (Fsp3) is 0.217. The van der Waals surface area contributed by atoms with Gasteiger partial charge in [0.15, 0.2) is 0 Å². The van der Waals surface area contributed by atoms with E-state index in [1.54, 1.807) is 12.1 Å². The Balaban J connectivity index is 1.35. The third kappa shape index (κ3) is 5.31. The number of rotatable bonds is 7. The number of aromatic nitrogens is 1. The number of ether oxygens (including phenoxy) is 2. The number of morpholine rings is 1. The summed E-state index contributed by atoms with van der Waals surface area (Å²) in [4.78, 5) is 16.9. The molecule has 166 valence electrons. The minimum Gasteiger partial charge on any atom is -0.473 e. The average molecular weight is 454 g/mol. The lowest BCUT2D eigenvalue weighted by Crippen LogP contribution is -2.40. The molecule has 0 unspecified atom stereocenters. The maximum atomic E-state index is 12.7. The highest BCUT2D eigenvalue weighted by molar-refractivity contribution is 7.89. The first-order valence-corrected chi connectivity index (χ1v) is 11.6. The number of anilines is 1. The molecule has 1 N–H and O–H groups in total. The van der Waals surface area contributed by atoms with E-state index in [9.17, 15) is 13.2 Å². The van der Waals surface area contributed by atoms with Crippen molar-refractivity contribution in [1.82, 2.24) is 9.29 Å². The molecule has 8 nitrogen and oxygen atoms in total. The molecule has 0 saturated carbocycles. The van der Waals surface area contributed by atoms with Gasteiger partial charge in [0.1, 0.15) is 6.61 Å². The van der Waals surface area contributed by atoms with Crippen molar-refractivity contribution in [2.75, 3.05) is 31.6 Å². The van der Waals surface area contributed by atoms with Crippen molar-refractivity contribution in [3.63, 3.8) is 0 Å². The molecule has 1 fully saturated rings. The molecule has 2 aromatic carbocycles. The first kappa shape index (κ1) is 21.9. The highest BCUT2D eigenvalue weighted by Gasteiger charge is 2.26. The average Bonchev–Trinajstić information content (AvgIpc) is 2.85. The van der Waals surface area contributed by atoms with E-state index >= 15 is 0 Å². The van der Waals surface area contributed by atoms with Crippen LogP contribution in [0.3, 0.4) is 0 Å². The largest absolute Gasteiger partial charge is 0.473 e. The molecule has 3 aromatic rings. The van der Waals surface area contributed by atoms with E-state index in [-0.39, 0.29) is 10.8 Å². The van der Waals surface area contributed by atoms with Gasteiger partial charge in [-0.05, 0) is 35.9 Å². The van der Waals surface area contributed by atoms with E-state index in [4.69, 9.17) is 9.47 Å². The van der Waals surface area contributed by atoms with Crippen LogP contribution in [0.25, 0.3) is 0 Å². The molecule has 2 heterocycles. The van der Waals surface area contributed by atoms with Crippen LogP contribution in [0, 0.1) is 0 Å². The number of carbonyl (C=O) groups excluding carboxylic acids is 1. The Hall–Kier alpha value is -3.27. The van der Waals surface area contributed by atoms with Gasteiger partial charge in [0.05, 0.1) is 30.0 Å². The molecule has 1 aliphatic rings. The lowest BCUT2D eigenvalue weighted by molar-refractivity contribution is 0.0730. The zero-order valence-corrected chi connectivity index (χ0v) is 18.1. The number of hydrogen-bond donors (Lipinski definition) is 1. The van der Waals surface area contributed by atoms with Gasteiger partial charge in [-0.25, -0.2) is 13.4 Å². The Morgan fingerprint density at radius 1 is 1.00 bits per heavy atom. The summed E-state index contributed by atoms with van der Waals surface area (Å²) in [6.07, 6.45) is 1.51. The summed E-state index contributed by atoms with van der Waals surface area (Å²) >= 11 is 0. The molecule has 0 radical (unpaired) electrons. The van der Waals surface area contributed by atoms with Crippen molar-refractivity contribution < 1.29 is 22.7 Å². The Kier molecular flexibility index (Phi) is 6.79. The van der Waals surface area contributed by atoms with Crippen LogP contribution in [0.4, 0.5) is 5.69 Å². The SMILES string of the molecule is O=C(Nc1ccc(OCc2ccccc2)nc1)c1ccc(S(=O)(=O)N2CCOCC2)cc1. The summed E-state index contributed by atoms with van der Waals surface area (Å²) in [6, 6.07) is 19.0. The number of nitrogens with one attached hydrogen (secondary N) is 1. The minimum absolute atomic E-state index is 0.150. The van der Waals surface area contributed by atoms with Crippen molar-refractivity contribution in [3.8, 4) is 5.88 Å². The van der Waals surface area contributed by atoms with Crippen LogP contribution < -0.4 is 10.1 Å². The van der Waals surface area contributed by atoms with Gasteiger partial charge >= 0.3 is 0 Å². The fourth-order valence-corrected chi connectivity index (χ4v) is 4.60. The lowest BCUT2D eigenvalue weighted by Gasteiger charge is -2.26. The number of hydrogen-bond acceptors (Lipinski definition) is 6. The number of carbonyl (C=O) groups is 1. The molecule has 0 atom stereocenters. The van der Waals surface area contributed by atoms with Crippen LogP contribution in [0.5, 0.6) is 5.88 Å². The predicted octanol–water partition coefficient (Wildman–Crippen LogP) is 2.93. The second kappa shape index (κ2) is 9.90. The van der Waals surface area contributed by atoms with Gasteiger partial charge in [-0.15, -0.1) is 0 Å². The highest BCUT2D eigenvalue weighted by Crippen LogP contribution is 2.19. The van der Waals surface area contributed by atoms with Crippen molar-refractivity contribution in [3.05, 3.63) is 84.1 Å². The molecule has 0 spiro atoms. The van der Waals surface area contributed by atoms with Gasteiger partial charge in [-0.1, -0.05) is 30.3 Å². The molecule has 0 aliphatic carbocycles. The molecule has 4 rings (SSSR count). The van der Waals surface area contributed by atoms with E-state index < -0.39 is 10.0 Å². The first-order chi connectivity index (χ1) is 15.5. The number of nitrogens with zero attached hydrogens (tertiary/aromatic N) is 2. The zero-order chi connectivity index (χ0) is 22.4. The molecule has 1 aliphatic heterocycles. The standard InChI is InChI=1S/C23H23N3O5S/c27-23(19-6-9-21(10-7-19)32(28,29)26-12-14-30-15-13-26)25-20-8-11-22(24-16-20)31-17-18-4-2-1-3-5-18/h1-11,16H,12-15,17H2,(H,25,27). The van der Waals surface area contributed by atoms with E-state index in [1.165, 1.54) is 34.8 Å². The highest BCUT2D eigenvalue weighted by atomic mass is 32.2. The summed E-state index contributed by atoms with van der Waals surface area (Å²) in [7, 11) is -3.60. The smallest absolute Gasteiger partial charge is 0.255 e. The molecule has 0 bridgehead atoms. The van der Waals surface area contributed by atoms with Crippen LogP contribution in [-0.2, 0) is 21.4 Å². The summed E-state index contributed by atoms with van der Waals surface area (Å²) in [5, 5.41) is 2.75. The molecule has 32 heavy (non-hydrogen) atoms. The molecule has 9 heteroatoms. The van der Waals surface area contributed by atoms with Crippen molar-refractivity contribution in [2.24, 2.45) is 0 Å². The van der Waals surface area contributed by atoms with Crippen molar-refractivity contribution in [2.45, 2.75) is 11.5 Å². The Labute approximate surface area is 186 Å². The maximum Gasteiger partial charge on any atom is 0.255 e. The van der Waals surface area contributed by atoms with Gasteiger partial charge in [-0.2, -0.15) is 4.31 Å². The van der Waals surface area contributed by atoms with Crippen molar-refractivity contribution >= 4 is 21.6 Å². The molecule has 1 amide bonds. The van der Waals surface area contributed by atoms with Gasteiger partial charge in [0.25, 0.3) is 5.91 Å². The Morgan fingerprint density at radius 2 is 1.72 bits per heavy atom. The third-order valence-electron chi connectivity index (χ3n) is 4.95. The number of benzene rings is 2. The van der Waals surface area contributed by atoms with Gasteiger partial charge in [-0.3, -0.25) is 4.79 Å². The normalized spacial score (nSPS) is 14.6. The summed E-state index contributed by atoms with van der Waals surface area (Å²) in [6.45, 7) is 1.80. The first-order valence-electron chi connectivity index (χ1n) is 10.1.